The Morgan fingerprint density at radius 2 is 2.14 bits per heavy atom. The number of halogens is 1. The van der Waals surface area contributed by atoms with Crippen LogP contribution in [0.1, 0.15) is 0 Å². The van der Waals surface area contributed by atoms with E-state index in [1.165, 1.54) is 11.0 Å². The van der Waals surface area contributed by atoms with Crippen molar-refractivity contribution in [2.45, 2.75) is 12.6 Å². The largest absolute Gasteiger partial charge is 0.442 e. The van der Waals surface area contributed by atoms with Crippen molar-refractivity contribution >= 4 is 27.2 Å². The quantitative estimate of drug-likeness (QED) is 0.759. The van der Waals surface area contributed by atoms with Crippen LogP contribution in [0, 0.1) is 5.82 Å². The first-order chi connectivity index (χ1) is 13.5. The maximum atomic E-state index is 14.8. The van der Waals surface area contributed by atoms with Crippen molar-refractivity contribution < 1.29 is 18.1 Å². The molecule has 0 spiro atoms. The topological polar surface area (TPSA) is 92.9 Å². The standard InChI is InChI=1S/C17H21FN6O3S/c1-19-28(26)8-6-22(7-9-28)16-3-2-13(10-15(16)18)24-12-14(27-17(24)25)11-23-5-4-20-21-23/h2-5,10,14H,6-9,11-12H2,1H3/t14-/m0/s1. The van der Waals surface area contributed by atoms with Gasteiger partial charge in [0.1, 0.15) is 11.9 Å². The molecule has 2 saturated heterocycles. The lowest BCUT2D eigenvalue weighted by Crippen LogP contribution is -2.40. The summed E-state index contributed by atoms with van der Waals surface area (Å²) in [4.78, 5) is 15.5. The minimum Gasteiger partial charge on any atom is -0.442 e. The number of carbonyl (C=O) groups is 1. The van der Waals surface area contributed by atoms with Crippen LogP contribution in [0.4, 0.5) is 20.6 Å². The van der Waals surface area contributed by atoms with Crippen LogP contribution in [0.25, 0.3) is 0 Å². The number of benzene rings is 1. The van der Waals surface area contributed by atoms with Crippen LogP contribution in [0.2, 0.25) is 0 Å². The molecule has 4 rings (SSSR count). The van der Waals surface area contributed by atoms with Crippen LogP contribution >= 0.6 is 0 Å². The molecule has 0 bridgehead atoms. The smallest absolute Gasteiger partial charge is 0.414 e. The number of carbonyl (C=O) groups excluding carboxylic acids is 1. The van der Waals surface area contributed by atoms with Crippen LogP contribution < -0.4 is 9.80 Å². The molecule has 2 aromatic rings. The van der Waals surface area contributed by atoms with Gasteiger partial charge in [-0.3, -0.25) is 4.90 Å². The van der Waals surface area contributed by atoms with Gasteiger partial charge in [-0.2, -0.15) is 0 Å². The molecule has 28 heavy (non-hydrogen) atoms. The third-order valence-electron chi connectivity index (χ3n) is 5.01. The van der Waals surface area contributed by atoms with E-state index in [1.807, 2.05) is 4.90 Å². The molecule has 150 valence electrons. The number of amides is 1. The maximum absolute atomic E-state index is 14.8. The van der Waals surface area contributed by atoms with Crippen LogP contribution in [-0.4, -0.2) is 69.6 Å². The number of nitrogens with zero attached hydrogens (tertiary/aromatic N) is 6. The first kappa shape index (κ1) is 18.7. The second-order valence-electron chi connectivity index (χ2n) is 6.73. The van der Waals surface area contributed by atoms with Gasteiger partial charge in [0, 0.05) is 47.6 Å². The molecule has 1 aromatic carbocycles. The minimum atomic E-state index is -2.16. The zero-order valence-corrected chi connectivity index (χ0v) is 16.2. The van der Waals surface area contributed by atoms with Crippen molar-refractivity contribution in [3.63, 3.8) is 0 Å². The number of cyclic esters (lactones) is 1. The third-order valence-corrected chi connectivity index (χ3v) is 7.32. The molecule has 9 nitrogen and oxygen atoms in total. The molecule has 0 radical (unpaired) electrons. The summed E-state index contributed by atoms with van der Waals surface area (Å²) in [6, 6.07) is 4.69. The van der Waals surface area contributed by atoms with Gasteiger partial charge >= 0.3 is 6.09 Å². The zero-order valence-electron chi connectivity index (χ0n) is 15.4. The van der Waals surface area contributed by atoms with E-state index >= 15 is 0 Å². The summed E-state index contributed by atoms with van der Waals surface area (Å²) in [5, 5.41) is 7.58. The van der Waals surface area contributed by atoms with Crippen molar-refractivity contribution in [1.82, 2.24) is 15.0 Å². The lowest BCUT2D eigenvalue weighted by molar-refractivity contribution is 0.129. The predicted octanol–water partition coefficient (Wildman–Crippen LogP) is 1.36. The monoisotopic (exact) mass is 408 g/mol. The van der Waals surface area contributed by atoms with Gasteiger partial charge in [0.25, 0.3) is 0 Å². The fourth-order valence-corrected chi connectivity index (χ4v) is 5.01. The Labute approximate surface area is 162 Å². The average Bonchev–Trinajstić information content (AvgIpc) is 3.32. The van der Waals surface area contributed by atoms with Gasteiger partial charge in [0.2, 0.25) is 0 Å². The Morgan fingerprint density at radius 3 is 2.79 bits per heavy atom. The second-order valence-corrected chi connectivity index (χ2v) is 9.45. The molecule has 0 aliphatic carbocycles. The SMILES string of the molecule is CN=S1(=O)CCN(c2ccc(N3C[C@H](Cn4ccnn4)OC3=O)cc2F)CC1. The van der Waals surface area contributed by atoms with Crippen LogP contribution in [0.3, 0.4) is 0 Å². The highest BCUT2D eigenvalue weighted by Crippen LogP contribution is 2.29. The van der Waals surface area contributed by atoms with E-state index in [9.17, 15) is 13.4 Å². The summed E-state index contributed by atoms with van der Waals surface area (Å²) < 4.78 is 38.0. The Balaban J connectivity index is 1.46. The number of hydrogen-bond acceptors (Lipinski definition) is 7. The molecule has 2 aliphatic heterocycles. The van der Waals surface area contributed by atoms with Gasteiger partial charge in [0.05, 0.1) is 30.7 Å². The van der Waals surface area contributed by atoms with Crippen LogP contribution in [0.5, 0.6) is 0 Å². The molecule has 2 fully saturated rings. The van der Waals surface area contributed by atoms with Gasteiger partial charge < -0.3 is 9.64 Å². The summed E-state index contributed by atoms with van der Waals surface area (Å²) in [5.41, 5.74) is 0.879. The van der Waals surface area contributed by atoms with Crippen molar-refractivity contribution in [3.8, 4) is 0 Å². The van der Waals surface area contributed by atoms with Gasteiger partial charge in [-0.1, -0.05) is 5.21 Å². The van der Waals surface area contributed by atoms with Gasteiger partial charge in [-0.05, 0) is 18.2 Å². The van der Waals surface area contributed by atoms with Crippen molar-refractivity contribution in [3.05, 3.63) is 36.4 Å². The fraction of sp³-hybridized carbons (Fsp3) is 0.471. The first-order valence-corrected chi connectivity index (χ1v) is 10.8. The van der Waals surface area contributed by atoms with Crippen molar-refractivity contribution in [2.24, 2.45) is 4.36 Å². The summed E-state index contributed by atoms with van der Waals surface area (Å²) in [6.07, 6.45) is 2.34. The Hall–Kier alpha value is -2.69. The average molecular weight is 408 g/mol. The van der Waals surface area contributed by atoms with Gasteiger partial charge in [0.15, 0.2) is 0 Å². The van der Waals surface area contributed by atoms with Crippen molar-refractivity contribution in [1.29, 1.82) is 0 Å². The molecule has 0 unspecified atom stereocenters. The number of ether oxygens (including phenoxy) is 1. The molecule has 1 atom stereocenters. The molecule has 0 N–H and O–H groups in total. The van der Waals surface area contributed by atoms with Crippen LogP contribution in [-0.2, 0) is 21.0 Å². The molecule has 11 heteroatoms. The molecule has 2 aliphatic rings. The van der Waals surface area contributed by atoms with E-state index in [1.54, 1.807) is 36.3 Å². The molecule has 1 aromatic heterocycles. The Morgan fingerprint density at radius 1 is 1.36 bits per heavy atom. The predicted molar refractivity (Wildman–Crippen MR) is 102 cm³/mol. The highest BCUT2D eigenvalue weighted by Gasteiger charge is 2.33. The normalized spacial score (nSPS) is 21.6. The van der Waals surface area contributed by atoms with Crippen molar-refractivity contribution in [2.75, 3.05) is 48.0 Å². The molecule has 0 saturated carbocycles. The summed E-state index contributed by atoms with van der Waals surface area (Å²) in [6.45, 7) is 1.66. The highest BCUT2D eigenvalue weighted by molar-refractivity contribution is 7.93. The number of hydrogen-bond donors (Lipinski definition) is 0. The Bertz CT molecular complexity index is 975. The van der Waals surface area contributed by atoms with E-state index in [-0.39, 0.29) is 6.10 Å². The van der Waals surface area contributed by atoms with E-state index in [2.05, 4.69) is 14.7 Å². The second kappa shape index (κ2) is 7.38. The van der Waals surface area contributed by atoms with Gasteiger partial charge in [-0.25, -0.2) is 22.4 Å². The fourth-order valence-electron chi connectivity index (χ4n) is 3.43. The Kier molecular flexibility index (Phi) is 4.92. The van der Waals surface area contributed by atoms with E-state index in [4.69, 9.17) is 4.74 Å². The highest BCUT2D eigenvalue weighted by atomic mass is 32.2. The number of rotatable bonds is 4. The van der Waals surface area contributed by atoms with E-state index in [0.717, 1.165) is 0 Å². The number of anilines is 2. The first-order valence-electron chi connectivity index (χ1n) is 8.95. The molecular weight excluding hydrogens is 387 g/mol. The summed E-state index contributed by atoms with van der Waals surface area (Å²) in [7, 11) is -0.590. The molecule has 3 heterocycles. The maximum Gasteiger partial charge on any atom is 0.414 e. The van der Waals surface area contributed by atoms with E-state index in [0.29, 0.717) is 49.1 Å². The van der Waals surface area contributed by atoms with Gasteiger partial charge in [-0.15, -0.1) is 5.10 Å². The number of aromatic nitrogens is 3. The molecular formula is C17H21FN6O3S. The third kappa shape index (κ3) is 3.66. The lowest BCUT2D eigenvalue weighted by atomic mass is 10.2. The minimum absolute atomic E-state index is 0.307. The zero-order chi connectivity index (χ0) is 19.7. The van der Waals surface area contributed by atoms with E-state index < -0.39 is 21.6 Å². The molecule has 1 amide bonds. The van der Waals surface area contributed by atoms with Crippen LogP contribution in [0.15, 0.2) is 35.0 Å². The summed E-state index contributed by atoms with van der Waals surface area (Å²) in [5.74, 6) is 0.423. The summed E-state index contributed by atoms with van der Waals surface area (Å²) >= 11 is 0. The lowest BCUT2D eigenvalue weighted by Gasteiger charge is -2.31.